The quantitative estimate of drug-likeness (QED) is 0.571. The lowest BCUT2D eigenvalue weighted by atomic mass is 10.2. The molecule has 7 heteroatoms. The molecule has 5 nitrogen and oxygen atoms in total. The summed E-state index contributed by atoms with van der Waals surface area (Å²) < 4.78 is 5.14. The molecule has 0 unspecified atom stereocenters. The van der Waals surface area contributed by atoms with E-state index >= 15 is 0 Å². The third-order valence-corrected chi connectivity index (χ3v) is 4.80. The zero-order chi connectivity index (χ0) is 16.7. The van der Waals surface area contributed by atoms with Crippen molar-refractivity contribution in [1.82, 2.24) is 9.97 Å². The molecule has 2 rings (SSSR count). The van der Waals surface area contributed by atoms with Crippen LogP contribution in [0, 0.1) is 5.92 Å². The maximum atomic E-state index is 12.1. The molecule has 2 aromatic heterocycles. The molecule has 23 heavy (non-hydrogen) atoms. The molecule has 2 aromatic rings. The molecular formula is C16H21N3O2S2. The minimum Gasteiger partial charge on any atom is -0.462 e. The molecule has 0 aliphatic heterocycles. The average Bonchev–Trinajstić information content (AvgIpc) is 2.95. The fourth-order valence-corrected chi connectivity index (χ4v) is 3.53. The number of pyridine rings is 1. The molecule has 0 aromatic carbocycles. The summed E-state index contributed by atoms with van der Waals surface area (Å²) in [5.74, 6) is 0.792. The summed E-state index contributed by atoms with van der Waals surface area (Å²) >= 11 is 2.91. The van der Waals surface area contributed by atoms with Crippen LogP contribution in [0.5, 0.6) is 0 Å². The van der Waals surface area contributed by atoms with Gasteiger partial charge < -0.3 is 10.1 Å². The van der Waals surface area contributed by atoms with Gasteiger partial charge in [0, 0.05) is 18.5 Å². The molecule has 2 heterocycles. The first kappa shape index (κ1) is 17.7. The molecular weight excluding hydrogens is 330 g/mol. The van der Waals surface area contributed by atoms with E-state index in [1.54, 1.807) is 24.9 Å². The molecule has 1 N–H and O–H groups in total. The van der Waals surface area contributed by atoms with Crippen molar-refractivity contribution >= 4 is 34.2 Å². The number of nitrogens with one attached hydrogen (secondary N) is 1. The zero-order valence-corrected chi connectivity index (χ0v) is 15.2. The van der Waals surface area contributed by atoms with E-state index in [-0.39, 0.29) is 5.97 Å². The van der Waals surface area contributed by atoms with Gasteiger partial charge >= 0.3 is 5.97 Å². The van der Waals surface area contributed by atoms with E-state index in [1.165, 1.54) is 11.3 Å². The molecule has 0 bridgehead atoms. The molecule has 0 amide bonds. The minimum atomic E-state index is -0.306. The highest BCUT2D eigenvalue weighted by molar-refractivity contribution is 7.98. The van der Waals surface area contributed by atoms with E-state index in [9.17, 15) is 4.79 Å². The lowest BCUT2D eigenvalue weighted by Crippen LogP contribution is -2.07. The molecule has 0 fully saturated rings. The van der Waals surface area contributed by atoms with Crippen molar-refractivity contribution < 1.29 is 9.53 Å². The molecule has 0 saturated carbocycles. The molecule has 0 atom stereocenters. The lowest BCUT2D eigenvalue weighted by molar-refractivity contribution is 0.0531. The second-order valence-corrected chi connectivity index (χ2v) is 7.24. The lowest BCUT2D eigenvalue weighted by Gasteiger charge is -2.04. The van der Waals surface area contributed by atoms with Gasteiger partial charge in [0.1, 0.15) is 4.88 Å². The topological polar surface area (TPSA) is 64.1 Å². The number of carbonyl (C=O) groups excluding carboxylic acids is 1. The molecule has 0 aliphatic rings. The SMILES string of the molecule is CCOC(=O)c1sc(NCC(C)C)nc1CSc1ccccn1. The Labute approximate surface area is 144 Å². The van der Waals surface area contributed by atoms with Gasteiger partial charge in [-0.2, -0.15) is 0 Å². The number of aromatic nitrogens is 2. The maximum absolute atomic E-state index is 12.1. The van der Waals surface area contributed by atoms with E-state index in [4.69, 9.17) is 4.74 Å². The van der Waals surface area contributed by atoms with Crippen LogP contribution in [0.15, 0.2) is 29.4 Å². The average molecular weight is 351 g/mol. The number of thiazole rings is 1. The van der Waals surface area contributed by atoms with E-state index in [0.29, 0.717) is 23.2 Å². The fraction of sp³-hybridized carbons (Fsp3) is 0.438. The van der Waals surface area contributed by atoms with E-state index < -0.39 is 0 Å². The Bertz CT molecular complexity index is 630. The van der Waals surface area contributed by atoms with E-state index in [0.717, 1.165) is 22.4 Å². The van der Waals surface area contributed by atoms with Gasteiger partial charge in [-0.15, -0.1) is 0 Å². The van der Waals surface area contributed by atoms with Crippen molar-refractivity contribution in [3.05, 3.63) is 35.0 Å². The predicted octanol–water partition coefficient (Wildman–Crippen LogP) is 4.08. The first-order valence-corrected chi connectivity index (χ1v) is 9.34. The standard InChI is InChI=1S/C16H21N3O2S2/c1-4-21-15(20)14-12(10-22-13-7-5-6-8-17-13)19-16(23-14)18-9-11(2)3/h5-8,11H,4,9-10H2,1-3H3,(H,18,19). The Morgan fingerprint density at radius 1 is 1.43 bits per heavy atom. The summed E-state index contributed by atoms with van der Waals surface area (Å²) in [6.07, 6.45) is 1.76. The van der Waals surface area contributed by atoms with Crippen LogP contribution in [0.2, 0.25) is 0 Å². The second-order valence-electron chi connectivity index (χ2n) is 5.25. The van der Waals surface area contributed by atoms with Gasteiger partial charge in [0.2, 0.25) is 0 Å². The van der Waals surface area contributed by atoms with Gasteiger partial charge in [0.25, 0.3) is 0 Å². The second kappa shape index (κ2) is 8.88. The van der Waals surface area contributed by atoms with Crippen molar-refractivity contribution in [2.75, 3.05) is 18.5 Å². The highest BCUT2D eigenvalue weighted by Gasteiger charge is 2.19. The minimum absolute atomic E-state index is 0.306. The number of thioether (sulfide) groups is 1. The Morgan fingerprint density at radius 3 is 2.91 bits per heavy atom. The van der Waals surface area contributed by atoms with Crippen LogP contribution in [-0.2, 0) is 10.5 Å². The van der Waals surface area contributed by atoms with E-state index in [1.807, 2.05) is 18.2 Å². The van der Waals surface area contributed by atoms with Crippen molar-refractivity contribution in [3.8, 4) is 0 Å². The van der Waals surface area contributed by atoms with Gasteiger partial charge in [0.15, 0.2) is 5.13 Å². The van der Waals surface area contributed by atoms with Crippen molar-refractivity contribution in [2.24, 2.45) is 5.92 Å². The summed E-state index contributed by atoms with van der Waals surface area (Å²) in [7, 11) is 0. The summed E-state index contributed by atoms with van der Waals surface area (Å²) in [5.41, 5.74) is 0.746. The van der Waals surface area contributed by atoms with Gasteiger partial charge in [0.05, 0.1) is 17.3 Å². The molecule has 124 valence electrons. The summed E-state index contributed by atoms with van der Waals surface area (Å²) in [4.78, 5) is 21.5. The monoisotopic (exact) mass is 351 g/mol. The summed E-state index contributed by atoms with van der Waals surface area (Å²) in [5, 5.41) is 4.95. The summed E-state index contributed by atoms with van der Waals surface area (Å²) in [6.45, 7) is 7.25. The fourth-order valence-electron chi connectivity index (χ4n) is 1.75. The Morgan fingerprint density at radius 2 is 2.26 bits per heavy atom. The van der Waals surface area contributed by atoms with Crippen LogP contribution in [0.1, 0.15) is 36.1 Å². The first-order valence-electron chi connectivity index (χ1n) is 7.54. The number of hydrogen-bond donors (Lipinski definition) is 1. The van der Waals surface area contributed by atoms with Gasteiger partial charge in [-0.05, 0) is 25.0 Å². The number of nitrogens with zero attached hydrogens (tertiary/aromatic N) is 2. The molecule has 0 spiro atoms. The van der Waals surface area contributed by atoms with Crippen LogP contribution in [0.25, 0.3) is 0 Å². The van der Waals surface area contributed by atoms with Crippen LogP contribution in [-0.4, -0.2) is 29.1 Å². The number of hydrogen-bond acceptors (Lipinski definition) is 7. The summed E-state index contributed by atoms with van der Waals surface area (Å²) in [6, 6.07) is 5.77. The van der Waals surface area contributed by atoms with Crippen molar-refractivity contribution in [2.45, 2.75) is 31.6 Å². The zero-order valence-electron chi connectivity index (χ0n) is 13.5. The smallest absolute Gasteiger partial charge is 0.350 e. The van der Waals surface area contributed by atoms with Crippen LogP contribution < -0.4 is 5.32 Å². The van der Waals surface area contributed by atoms with Gasteiger partial charge in [-0.3, -0.25) is 0 Å². The number of ether oxygens (including phenoxy) is 1. The first-order chi connectivity index (χ1) is 11.1. The van der Waals surface area contributed by atoms with Crippen molar-refractivity contribution in [1.29, 1.82) is 0 Å². The largest absolute Gasteiger partial charge is 0.462 e. The number of anilines is 1. The highest BCUT2D eigenvalue weighted by atomic mass is 32.2. The highest BCUT2D eigenvalue weighted by Crippen LogP contribution is 2.29. The normalized spacial score (nSPS) is 10.8. The van der Waals surface area contributed by atoms with Gasteiger partial charge in [-0.25, -0.2) is 14.8 Å². The Hall–Kier alpha value is -1.60. The third kappa shape index (κ3) is 5.51. The van der Waals surface area contributed by atoms with Gasteiger partial charge in [-0.1, -0.05) is 43.0 Å². The molecule has 0 radical (unpaired) electrons. The van der Waals surface area contributed by atoms with Crippen molar-refractivity contribution in [3.63, 3.8) is 0 Å². The van der Waals surface area contributed by atoms with Crippen LogP contribution >= 0.6 is 23.1 Å². The van der Waals surface area contributed by atoms with E-state index in [2.05, 4.69) is 29.1 Å². The number of rotatable bonds is 8. The Kier molecular flexibility index (Phi) is 6.85. The third-order valence-electron chi connectivity index (χ3n) is 2.81. The van der Waals surface area contributed by atoms with Crippen LogP contribution in [0.4, 0.5) is 5.13 Å². The van der Waals surface area contributed by atoms with Crippen LogP contribution in [0.3, 0.4) is 0 Å². The number of carbonyl (C=O) groups is 1. The maximum Gasteiger partial charge on any atom is 0.350 e. The number of esters is 1. The predicted molar refractivity (Wildman–Crippen MR) is 95.2 cm³/mol. The molecule has 0 aliphatic carbocycles. The Balaban J connectivity index is 2.12. The molecule has 0 saturated heterocycles.